The summed E-state index contributed by atoms with van der Waals surface area (Å²) in [5.74, 6) is 1.40. The SMILES string of the molecule is CCCCCCCCCCCCCC[n+]1ccn(CCCCCCCCC)c1-c1ccccc1. The molecule has 0 amide bonds. The van der Waals surface area contributed by atoms with Gasteiger partial charge in [-0.3, -0.25) is 0 Å². The molecule has 1 heterocycles. The largest absolute Gasteiger partial charge is 0.288 e. The molecule has 192 valence electrons. The van der Waals surface area contributed by atoms with E-state index in [1.54, 1.807) is 0 Å². The van der Waals surface area contributed by atoms with Crippen molar-refractivity contribution in [2.75, 3.05) is 0 Å². The van der Waals surface area contributed by atoms with E-state index in [0.29, 0.717) is 0 Å². The van der Waals surface area contributed by atoms with Crippen LogP contribution in [0.25, 0.3) is 11.4 Å². The fraction of sp³-hybridized carbons (Fsp3) is 0.719. The van der Waals surface area contributed by atoms with Gasteiger partial charge in [-0.05, 0) is 37.8 Å². The van der Waals surface area contributed by atoms with E-state index in [0.717, 1.165) is 13.1 Å². The van der Waals surface area contributed by atoms with Crippen LogP contribution in [0.5, 0.6) is 0 Å². The number of rotatable bonds is 22. The van der Waals surface area contributed by atoms with E-state index >= 15 is 0 Å². The van der Waals surface area contributed by atoms with Crippen LogP contribution < -0.4 is 4.57 Å². The molecule has 0 saturated carbocycles. The second-order valence-electron chi connectivity index (χ2n) is 10.4. The van der Waals surface area contributed by atoms with Gasteiger partial charge in [0.05, 0.1) is 18.7 Å². The van der Waals surface area contributed by atoms with Gasteiger partial charge in [-0.1, -0.05) is 128 Å². The summed E-state index contributed by atoms with van der Waals surface area (Å²) in [5, 5.41) is 0. The van der Waals surface area contributed by atoms with Gasteiger partial charge in [0, 0.05) is 0 Å². The Morgan fingerprint density at radius 2 is 1.03 bits per heavy atom. The minimum Gasteiger partial charge on any atom is -0.230 e. The number of imidazole rings is 1. The van der Waals surface area contributed by atoms with Gasteiger partial charge in [0.1, 0.15) is 12.4 Å². The number of aryl methyl sites for hydroxylation is 2. The molecule has 34 heavy (non-hydrogen) atoms. The van der Waals surface area contributed by atoms with Crippen molar-refractivity contribution in [1.29, 1.82) is 0 Å². The van der Waals surface area contributed by atoms with Gasteiger partial charge in [-0.25, -0.2) is 9.13 Å². The Hall–Kier alpha value is -1.57. The Bertz CT molecular complexity index is 703. The highest BCUT2D eigenvalue weighted by Gasteiger charge is 2.18. The maximum atomic E-state index is 2.51. The fourth-order valence-electron chi connectivity index (χ4n) is 5.11. The van der Waals surface area contributed by atoms with Gasteiger partial charge < -0.3 is 0 Å². The van der Waals surface area contributed by atoms with Crippen molar-refractivity contribution in [2.24, 2.45) is 0 Å². The molecule has 0 bridgehead atoms. The van der Waals surface area contributed by atoms with E-state index in [9.17, 15) is 0 Å². The predicted molar refractivity (Wildman–Crippen MR) is 149 cm³/mol. The van der Waals surface area contributed by atoms with Gasteiger partial charge in [0.2, 0.25) is 0 Å². The third-order valence-corrected chi connectivity index (χ3v) is 7.26. The molecule has 0 radical (unpaired) electrons. The zero-order valence-corrected chi connectivity index (χ0v) is 22.8. The molecular formula is C32H55N2+. The van der Waals surface area contributed by atoms with Crippen molar-refractivity contribution in [2.45, 2.75) is 149 Å². The standard InChI is InChI=1S/C32H55N2/c1-3-5-7-9-11-12-13-14-15-17-19-24-28-34-30-29-33(27-23-18-16-10-8-6-4-2)32(34)31-25-21-20-22-26-31/h20-22,25-26,29-30H,3-19,23-24,27-28H2,1-2H3/q+1. The molecule has 0 aliphatic rings. The monoisotopic (exact) mass is 467 g/mol. The average molecular weight is 468 g/mol. The van der Waals surface area contributed by atoms with Crippen molar-refractivity contribution in [3.05, 3.63) is 42.7 Å². The van der Waals surface area contributed by atoms with Crippen LogP contribution in [0.2, 0.25) is 0 Å². The smallest absolute Gasteiger partial charge is 0.230 e. The quantitative estimate of drug-likeness (QED) is 0.120. The van der Waals surface area contributed by atoms with Gasteiger partial charge in [-0.15, -0.1) is 0 Å². The van der Waals surface area contributed by atoms with Crippen LogP contribution in [0.3, 0.4) is 0 Å². The third-order valence-electron chi connectivity index (χ3n) is 7.26. The molecule has 2 rings (SSSR count). The summed E-state index contributed by atoms with van der Waals surface area (Å²) in [4.78, 5) is 0. The van der Waals surface area contributed by atoms with Gasteiger partial charge in [0.15, 0.2) is 0 Å². The van der Waals surface area contributed by atoms with E-state index in [4.69, 9.17) is 0 Å². The van der Waals surface area contributed by atoms with Crippen molar-refractivity contribution in [3.8, 4) is 11.4 Å². The Balaban J connectivity index is 1.69. The third kappa shape index (κ3) is 12.2. The number of unbranched alkanes of at least 4 members (excludes halogenated alkanes) is 17. The Kier molecular flexibility index (Phi) is 16.6. The van der Waals surface area contributed by atoms with Crippen molar-refractivity contribution < 1.29 is 4.57 Å². The molecule has 0 aliphatic heterocycles. The Morgan fingerprint density at radius 3 is 1.56 bits per heavy atom. The van der Waals surface area contributed by atoms with Crippen molar-refractivity contribution in [1.82, 2.24) is 4.57 Å². The highest BCUT2D eigenvalue weighted by molar-refractivity contribution is 5.52. The second kappa shape index (κ2) is 19.7. The maximum Gasteiger partial charge on any atom is 0.288 e. The minimum atomic E-state index is 1.14. The zero-order valence-electron chi connectivity index (χ0n) is 22.8. The summed E-state index contributed by atoms with van der Waals surface area (Å²) in [6, 6.07) is 11.0. The molecule has 2 nitrogen and oxygen atoms in total. The lowest BCUT2D eigenvalue weighted by molar-refractivity contribution is -0.686. The highest BCUT2D eigenvalue weighted by Crippen LogP contribution is 2.18. The average Bonchev–Trinajstić information content (AvgIpc) is 3.27. The first-order valence-corrected chi connectivity index (χ1v) is 15.0. The molecular weight excluding hydrogens is 412 g/mol. The maximum absolute atomic E-state index is 2.51. The lowest BCUT2D eigenvalue weighted by atomic mass is 10.1. The van der Waals surface area contributed by atoms with E-state index in [1.807, 2.05) is 0 Å². The minimum absolute atomic E-state index is 1.14. The molecule has 0 aliphatic carbocycles. The van der Waals surface area contributed by atoms with Crippen LogP contribution in [-0.2, 0) is 13.1 Å². The summed E-state index contributed by atoms with van der Waals surface area (Å²) >= 11 is 0. The van der Waals surface area contributed by atoms with Crippen LogP contribution in [0.4, 0.5) is 0 Å². The molecule has 2 aromatic rings. The number of hydrogen-bond donors (Lipinski definition) is 0. The molecule has 2 heteroatoms. The highest BCUT2D eigenvalue weighted by atomic mass is 15.1. The van der Waals surface area contributed by atoms with Crippen LogP contribution in [0, 0.1) is 0 Å². The van der Waals surface area contributed by atoms with E-state index in [-0.39, 0.29) is 0 Å². The molecule has 0 saturated heterocycles. The van der Waals surface area contributed by atoms with Crippen molar-refractivity contribution >= 4 is 0 Å². The van der Waals surface area contributed by atoms with Crippen molar-refractivity contribution in [3.63, 3.8) is 0 Å². The van der Waals surface area contributed by atoms with Gasteiger partial charge >= 0.3 is 0 Å². The number of nitrogens with zero attached hydrogens (tertiary/aromatic N) is 2. The molecule has 0 spiro atoms. The summed E-state index contributed by atoms with van der Waals surface area (Å²) < 4.78 is 5.01. The van der Waals surface area contributed by atoms with E-state index in [1.165, 1.54) is 133 Å². The lowest BCUT2D eigenvalue weighted by Gasteiger charge is -2.07. The summed E-state index contributed by atoms with van der Waals surface area (Å²) in [7, 11) is 0. The molecule has 1 aromatic carbocycles. The number of benzene rings is 1. The number of hydrogen-bond acceptors (Lipinski definition) is 0. The van der Waals surface area contributed by atoms with Gasteiger partial charge in [0.25, 0.3) is 5.82 Å². The first-order valence-electron chi connectivity index (χ1n) is 15.0. The molecule has 0 fully saturated rings. The Morgan fingerprint density at radius 1 is 0.559 bits per heavy atom. The van der Waals surface area contributed by atoms with Crippen LogP contribution in [0.1, 0.15) is 136 Å². The second-order valence-corrected chi connectivity index (χ2v) is 10.4. The molecule has 0 N–H and O–H groups in total. The summed E-state index contributed by atoms with van der Waals surface area (Å²) in [5.41, 5.74) is 1.36. The first kappa shape index (κ1) is 28.7. The molecule has 0 unspecified atom stereocenters. The summed E-state index contributed by atoms with van der Waals surface area (Å²) in [6.07, 6.45) is 31.2. The first-order chi connectivity index (χ1) is 16.9. The fourth-order valence-corrected chi connectivity index (χ4v) is 5.11. The van der Waals surface area contributed by atoms with Gasteiger partial charge in [-0.2, -0.15) is 0 Å². The topological polar surface area (TPSA) is 8.81 Å². The molecule has 0 atom stereocenters. The van der Waals surface area contributed by atoms with Crippen LogP contribution >= 0.6 is 0 Å². The van der Waals surface area contributed by atoms with Crippen LogP contribution in [0.15, 0.2) is 42.7 Å². The Labute approximate surface area is 212 Å². The number of aromatic nitrogens is 2. The van der Waals surface area contributed by atoms with Crippen LogP contribution in [-0.4, -0.2) is 4.57 Å². The zero-order chi connectivity index (χ0) is 24.1. The lowest BCUT2D eigenvalue weighted by Crippen LogP contribution is -2.34. The summed E-state index contributed by atoms with van der Waals surface area (Å²) in [6.45, 7) is 6.88. The predicted octanol–water partition coefficient (Wildman–Crippen LogP) is 9.89. The normalized spacial score (nSPS) is 11.4. The van der Waals surface area contributed by atoms with E-state index < -0.39 is 0 Å². The molecule has 1 aromatic heterocycles. The van der Waals surface area contributed by atoms with E-state index in [2.05, 4.69) is 65.7 Å².